The average molecular weight is 136 g/mol. The Balaban J connectivity index is 2.00. The minimum Gasteiger partial charge on any atom is -0.431 e. The maximum atomic E-state index is 11.1. The van der Waals surface area contributed by atoms with E-state index in [1.165, 1.54) is 6.42 Å². The first kappa shape index (κ1) is 4.94. The van der Waals surface area contributed by atoms with Gasteiger partial charge in [-0.25, -0.2) is 0 Å². The van der Waals surface area contributed by atoms with Gasteiger partial charge in [0.15, 0.2) is 0 Å². The molecule has 1 aliphatic heterocycles. The summed E-state index contributed by atoms with van der Waals surface area (Å²) < 4.78 is 4.91. The van der Waals surface area contributed by atoms with E-state index in [1.807, 2.05) is 0 Å². The maximum Gasteiger partial charge on any atom is 0.318 e. The van der Waals surface area contributed by atoms with E-state index < -0.39 is 0 Å². The topological polar surface area (TPSA) is 26.3 Å². The minimum atomic E-state index is -0.0307. The molecule has 10 heavy (non-hydrogen) atoms. The first-order valence-electron chi connectivity index (χ1n) is 3.65. The number of allylic oxidation sites excluding steroid dienone is 1. The smallest absolute Gasteiger partial charge is 0.318 e. The predicted octanol–water partition coefficient (Wildman–Crippen LogP) is 1.08. The molecule has 2 nitrogen and oxygen atoms in total. The van der Waals surface area contributed by atoms with E-state index >= 15 is 0 Å². The molecule has 3 fully saturated rings. The summed E-state index contributed by atoms with van der Waals surface area (Å²) in [4.78, 5) is 11.1. The van der Waals surface area contributed by atoms with Gasteiger partial charge < -0.3 is 4.74 Å². The van der Waals surface area contributed by atoms with Crippen molar-refractivity contribution in [1.82, 2.24) is 0 Å². The van der Waals surface area contributed by atoms with E-state index in [0.717, 1.165) is 6.42 Å². The highest BCUT2D eigenvalue weighted by molar-refractivity contribution is 5.87. The van der Waals surface area contributed by atoms with Gasteiger partial charge in [-0.05, 0) is 18.3 Å². The van der Waals surface area contributed by atoms with Gasteiger partial charge in [0.1, 0.15) is 5.76 Å². The van der Waals surface area contributed by atoms with Gasteiger partial charge in [-0.15, -0.1) is 0 Å². The van der Waals surface area contributed by atoms with Crippen LogP contribution in [-0.4, -0.2) is 5.97 Å². The van der Waals surface area contributed by atoms with Crippen molar-refractivity contribution in [1.29, 1.82) is 0 Å². The van der Waals surface area contributed by atoms with E-state index in [0.29, 0.717) is 17.6 Å². The molecule has 1 heterocycles. The molecule has 0 radical (unpaired) electrons. The van der Waals surface area contributed by atoms with Gasteiger partial charge in [0, 0.05) is 6.42 Å². The number of rotatable bonds is 0. The Kier molecular flexibility index (Phi) is 0.516. The lowest BCUT2D eigenvalue weighted by molar-refractivity contribution is -0.142. The molecule has 1 saturated heterocycles. The SMILES string of the molecule is C=C1CC2(C(=O)O1)C1CC12. The molecule has 0 amide bonds. The molecule has 0 aromatic carbocycles. The summed E-state index contributed by atoms with van der Waals surface area (Å²) in [5, 5.41) is 0. The zero-order valence-electron chi connectivity index (χ0n) is 5.59. The zero-order valence-corrected chi connectivity index (χ0v) is 5.59. The number of fused-ring (bicyclic) bond motifs is 3. The van der Waals surface area contributed by atoms with Crippen LogP contribution in [0.25, 0.3) is 0 Å². The molecule has 2 atom stereocenters. The van der Waals surface area contributed by atoms with E-state index in [2.05, 4.69) is 6.58 Å². The quantitative estimate of drug-likeness (QED) is 0.466. The first-order valence-corrected chi connectivity index (χ1v) is 3.65. The molecule has 3 aliphatic rings. The van der Waals surface area contributed by atoms with Gasteiger partial charge in [0.2, 0.25) is 0 Å². The third-order valence-corrected chi connectivity index (χ3v) is 3.11. The van der Waals surface area contributed by atoms with Gasteiger partial charge in [-0.2, -0.15) is 0 Å². The number of carbonyl (C=O) groups excluding carboxylic acids is 1. The van der Waals surface area contributed by atoms with Crippen LogP contribution in [0.15, 0.2) is 12.3 Å². The van der Waals surface area contributed by atoms with Crippen LogP contribution in [0.1, 0.15) is 12.8 Å². The number of cyclic esters (lactones) is 1. The molecule has 3 rings (SSSR count). The second-order valence-electron chi connectivity index (χ2n) is 3.59. The summed E-state index contributed by atoms with van der Waals surface area (Å²) in [6.45, 7) is 3.65. The van der Waals surface area contributed by atoms with Crippen molar-refractivity contribution >= 4 is 5.97 Å². The van der Waals surface area contributed by atoms with Crippen LogP contribution in [0, 0.1) is 17.3 Å². The molecule has 0 aromatic heterocycles. The van der Waals surface area contributed by atoms with Gasteiger partial charge in [0.05, 0.1) is 5.41 Å². The molecule has 2 unspecified atom stereocenters. The lowest BCUT2D eigenvalue weighted by Crippen LogP contribution is -2.16. The van der Waals surface area contributed by atoms with Gasteiger partial charge >= 0.3 is 5.97 Å². The van der Waals surface area contributed by atoms with Crippen molar-refractivity contribution < 1.29 is 9.53 Å². The van der Waals surface area contributed by atoms with Gasteiger partial charge in [-0.1, -0.05) is 6.58 Å². The highest BCUT2D eigenvalue weighted by Gasteiger charge is 2.82. The van der Waals surface area contributed by atoms with E-state index in [-0.39, 0.29) is 11.4 Å². The average Bonchev–Trinajstić information content (AvgIpc) is 2.67. The van der Waals surface area contributed by atoms with Gasteiger partial charge in [-0.3, -0.25) is 4.79 Å². The predicted molar refractivity (Wildman–Crippen MR) is 33.9 cm³/mol. The first-order chi connectivity index (χ1) is 4.75. The number of hydrogen-bond donors (Lipinski definition) is 0. The Bertz CT molecular complexity index is 246. The number of hydrogen-bond acceptors (Lipinski definition) is 2. The molecule has 52 valence electrons. The summed E-state index contributed by atoms with van der Waals surface area (Å²) in [6.07, 6.45) is 2.06. The van der Waals surface area contributed by atoms with Gasteiger partial charge in [0.25, 0.3) is 0 Å². The van der Waals surface area contributed by atoms with E-state index in [1.54, 1.807) is 0 Å². The van der Waals surface area contributed by atoms with Crippen LogP contribution >= 0.6 is 0 Å². The summed E-state index contributed by atoms with van der Waals surface area (Å²) in [5.74, 6) is 2.04. The van der Waals surface area contributed by atoms with Crippen LogP contribution in [0.3, 0.4) is 0 Å². The summed E-state index contributed by atoms with van der Waals surface area (Å²) in [6, 6.07) is 0. The summed E-state index contributed by atoms with van der Waals surface area (Å²) >= 11 is 0. The second-order valence-corrected chi connectivity index (χ2v) is 3.59. The van der Waals surface area contributed by atoms with Crippen molar-refractivity contribution in [2.45, 2.75) is 12.8 Å². The monoisotopic (exact) mass is 136 g/mol. The Labute approximate surface area is 58.9 Å². The lowest BCUT2D eigenvalue weighted by atomic mass is 9.92. The van der Waals surface area contributed by atoms with Crippen molar-refractivity contribution in [3.63, 3.8) is 0 Å². The van der Waals surface area contributed by atoms with Crippen LogP contribution in [0.5, 0.6) is 0 Å². The highest BCUT2D eigenvalue weighted by Crippen LogP contribution is 2.81. The zero-order chi connectivity index (χ0) is 6.93. The molecular weight excluding hydrogens is 128 g/mol. The van der Waals surface area contributed by atoms with Crippen LogP contribution < -0.4 is 0 Å². The standard InChI is InChI=1S/C8H8O2/c1-4-3-8(7(9)10-4)5-2-6(5)8/h5-6H,1-3H2. The van der Waals surface area contributed by atoms with Crippen LogP contribution in [0.4, 0.5) is 0 Å². The fourth-order valence-corrected chi connectivity index (χ4v) is 2.29. The second kappa shape index (κ2) is 1.04. The Morgan fingerprint density at radius 3 is 2.50 bits per heavy atom. The van der Waals surface area contributed by atoms with Crippen molar-refractivity contribution in [2.24, 2.45) is 17.3 Å². The molecule has 0 aromatic rings. The Morgan fingerprint density at radius 2 is 2.30 bits per heavy atom. The van der Waals surface area contributed by atoms with E-state index in [9.17, 15) is 4.79 Å². The molecule has 0 bridgehead atoms. The number of carbonyl (C=O) groups is 1. The largest absolute Gasteiger partial charge is 0.431 e. The lowest BCUT2D eigenvalue weighted by Gasteiger charge is -2.06. The molecule has 1 spiro atoms. The molecule has 0 N–H and O–H groups in total. The Hall–Kier alpha value is -0.790. The fraction of sp³-hybridized carbons (Fsp3) is 0.625. The highest BCUT2D eigenvalue weighted by atomic mass is 16.5. The molecule has 2 saturated carbocycles. The molecule has 2 aliphatic carbocycles. The maximum absolute atomic E-state index is 11.1. The third kappa shape index (κ3) is 0.305. The van der Waals surface area contributed by atoms with Crippen LogP contribution in [0.2, 0.25) is 0 Å². The van der Waals surface area contributed by atoms with Crippen molar-refractivity contribution in [3.8, 4) is 0 Å². The van der Waals surface area contributed by atoms with Crippen molar-refractivity contribution in [2.75, 3.05) is 0 Å². The summed E-state index contributed by atoms with van der Waals surface area (Å²) in [5.41, 5.74) is -0.0307. The minimum absolute atomic E-state index is 0.00116. The molecular formula is C8H8O2. The number of ether oxygens (including phenoxy) is 1. The fourth-order valence-electron chi connectivity index (χ4n) is 2.29. The van der Waals surface area contributed by atoms with Crippen LogP contribution in [-0.2, 0) is 9.53 Å². The third-order valence-electron chi connectivity index (χ3n) is 3.11. The summed E-state index contributed by atoms with van der Waals surface area (Å²) in [7, 11) is 0. The Morgan fingerprint density at radius 1 is 1.60 bits per heavy atom. The normalized spacial score (nSPS) is 54.8. The molecule has 2 heteroatoms. The van der Waals surface area contributed by atoms with E-state index in [4.69, 9.17) is 4.74 Å². The van der Waals surface area contributed by atoms with Crippen molar-refractivity contribution in [3.05, 3.63) is 12.3 Å². The number of esters is 1.